The molecule has 0 spiro atoms. The molecule has 0 aromatic carbocycles. The number of guanidine groups is 1. The molecule has 0 bridgehead atoms. The van der Waals surface area contributed by atoms with E-state index in [0.717, 1.165) is 12.5 Å². The molecule has 138 valence electrons. The normalized spacial score (nSPS) is 14.7. The van der Waals surface area contributed by atoms with Crippen molar-refractivity contribution in [3.63, 3.8) is 0 Å². The van der Waals surface area contributed by atoms with Crippen LogP contribution in [0.4, 0.5) is 0 Å². The van der Waals surface area contributed by atoms with E-state index in [2.05, 4.69) is 59.8 Å². The van der Waals surface area contributed by atoms with E-state index < -0.39 is 0 Å². The van der Waals surface area contributed by atoms with Crippen LogP contribution >= 0.6 is 0 Å². The molecule has 0 saturated carbocycles. The van der Waals surface area contributed by atoms with Crippen molar-refractivity contribution in [2.45, 2.75) is 58.0 Å². The lowest BCUT2D eigenvalue weighted by Crippen LogP contribution is -2.45. The predicted octanol–water partition coefficient (Wildman–Crippen LogP) is 2.55. The molecule has 2 unspecified atom stereocenters. The number of aryl methyl sites for hydroxylation is 1. The Hall–Kier alpha value is -1.56. The van der Waals surface area contributed by atoms with Crippen LogP contribution in [-0.4, -0.2) is 54.4 Å². The first-order valence-corrected chi connectivity index (χ1v) is 9.10. The van der Waals surface area contributed by atoms with E-state index in [9.17, 15) is 0 Å². The fourth-order valence-corrected chi connectivity index (χ4v) is 2.78. The van der Waals surface area contributed by atoms with Gasteiger partial charge in [0.25, 0.3) is 0 Å². The van der Waals surface area contributed by atoms with Crippen molar-refractivity contribution in [1.82, 2.24) is 25.3 Å². The summed E-state index contributed by atoms with van der Waals surface area (Å²) in [6, 6.07) is 0.696. The molecule has 0 saturated heterocycles. The monoisotopic (exact) mass is 336 g/mol. The van der Waals surface area contributed by atoms with E-state index in [1.807, 2.05) is 25.0 Å². The van der Waals surface area contributed by atoms with Gasteiger partial charge >= 0.3 is 0 Å². The Morgan fingerprint density at radius 3 is 2.62 bits per heavy atom. The lowest BCUT2D eigenvalue weighted by Gasteiger charge is -2.25. The van der Waals surface area contributed by atoms with Gasteiger partial charge in [-0.15, -0.1) is 0 Å². The van der Waals surface area contributed by atoms with Gasteiger partial charge in [-0.3, -0.25) is 9.67 Å². The number of nitrogens with one attached hydrogen (secondary N) is 2. The minimum absolute atomic E-state index is 0.261. The molecular formula is C18H36N6. The predicted molar refractivity (Wildman–Crippen MR) is 102 cm³/mol. The number of unbranched alkanes of at least 4 members (excludes halogenated alkanes) is 3. The Morgan fingerprint density at radius 1 is 1.33 bits per heavy atom. The SMILES string of the molecule is CCCCCCC(C)NC(=NC)NCC(c1cnn(C)c1)N(C)C. The molecule has 1 aromatic heterocycles. The van der Waals surface area contributed by atoms with E-state index >= 15 is 0 Å². The average molecular weight is 337 g/mol. The fourth-order valence-electron chi connectivity index (χ4n) is 2.78. The van der Waals surface area contributed by atoms with Crippen LogP contribution in [-0.2, 0) is 7.05 Å². The number of hydrogen-bond donors (Lipinski definition) is 2. The highest BCUT2D eigenvalue weighted by atomic mass is 15.3. The molecule has 24 heavy (non-hydrogen) atoms. The molecule has 1 aromatic rings. The zero-order chi connectivity index (χ0) is 17.9. The number of rotatable bonds is 10. The van der Waals surface area contributed by atoms with Gasteiger partial charge < -0.3 is 15.5 Å². The highest BCUT2D eigenvalue weighted by molar-refractivity contribution is 5.79. The molecule has 0 aliphatic carbocycles. The summed E-state index contributed by atoms with van der Waals surface area (Å²) >= 11 is 0. The first-order valence-electron chi connectivity index (χ1n) is 9.10. The zero-order valence-electron chi connectivity index (χ0n) is 16.3. The summed E-state index contributed by atoms with van der Waals surface area (Å²) in [6.07, 6.45) is 10.4. The van der Waals surface area contributed by atoms with Crippen LogP contribution in [0.1, 0.15) is 57.6 Å². The van der Waals surface area contributed by atoms with Gasteiger partial charge in [0.2, 0.25) is 0 Å². The molecule has 1 rings (SSSR count). The zero-order valence-corrected chi connectivity index (χ0v) is 16.3. The maximum Gasteiger partial charge on any atom is 0.191 e. The van der Waals surface area contributed by atoms with Gasteiger partial charge in [0.15, 0.2) is 5.96 Å². The summed E-state index contributed by atoms with van der Waals surface area (Å²) in [7, 11) is 7.95. The molecule has 0 aliphatic heterocycles. The van der Waals surface area contributed by atoms with E-state index in [4.69, 9.17) is 0 Å². The number of aromatic nitrogens is 2. The number of nitrogens with zero attached hydrogens (tertiary/aromatic N) is 4. The van der Waals surface area contributed by atoms with Gasteiger partial charge in [0.05, 0.1) is 12.2 Å². The van der Waals surface area contributed by atoms with Gasteiger partial charge in [-0.05, 0) is 27.4 Å². The van der Waals surface area contributed by atoms with Crippen molar-refractivity contribution in [3.05, 3.63) is 18.0 Å². The first kappa shape index (κ1) is 20.5. The van der Waals surface area contributed by atoms with Crippen molar-refractivity contribution < 1.29 is 0 Å². The Bertz CT molecular complexity index is 480. The van der Waals surface area contributed by atoms with Crippen molar-refractivity contribution in [2.75, 3.05) is 27.7 Å². The van der Waals surface area contributed by atoms with Crippen molar-refractivity contribution in [1.29, 1.82) is 0 Å². The van der Waals surface area contributed by atoms with Crippen LogP contribution in [0.2, 0.25) is 0 Å². The van der Waals surface area contributed by atoms with Crippen molar-refractivity contribution in [2.24, 2.45) is 12.0 Å². The molecular weight excluding hydrogens is 300 g/mol. The van der Waals surface area contributed by atoms with Gasteiger partial charge in [-0.1, -0.05) is 32.6 Å². The smallest absolute Gasteiger partial charge is 0.191 e. The minimum atomic E-state index is 0.261. The number of hydrogen-bond acceptors (Lipinski definition) is 3. The molecule has 6 nitrogen and oxygen atoms in total. The van der Waals surface area contributed by atoms with E-state index in [-0.39, 0.29) is 6.04 Å². The van der Waals surface area contributed by atoms with Crippen LogP contribution in [0.15, 0.2) is 17.4 Å². The topological polar surface area (TPSA) is 57.5 Å². The third-order valence-electron chi connectivity index (χ3n) is 4.29. The van der Waals surface area contributed by atoms with E-state index in [1.165, 1.54) is 37.7 Å². The maximum atomic E-state index is 4.36. The summed E-state index contributed by atoms with van der Waals surface area (Å²) in [4.78, 5) is 6.56. The van der Waals surface area contributed by atoms with Crippen molar-refractivity contribution >= 4 is 5.96 Å². The van der Waals surface area contributed by atoms with Crippen LogP contribution < -0.4 is 10.6 Å². The summed E-state index contributed by atoms with van der Waals surface area (Å²) in [5.41, 5.74) is 1.21. The second kappa shape index (κ2) is 11.1. The molecule has 1 heterocycles. The second-order valence-corrected chi connectivity index (χ2v) is 6.77. The summed E-state index contributed by atoms with van der Waals surface area (Å²) < 4.78 is 1.84. The van der Waals surface area contributed by atoms with Gasteiger partial charge in [0.1, 0.15) is 0 Å². The van der Waals surface area contributed by atoms with Gasteiger partial charge in [0, 0.05) is 38.4 Å². The maximum absolute atomic E-state index is 4.36. The third kappa shape index (κ3) is 7.34. The Labute approximate surface area is 147 Å². The number of aliphatic imine (C=N–C) groups is 1. The lowest BCUT2D eigenvalue weighted by atomic mass is 10.1. The van der Waals surface area contributed by atoms with Crippen LogP contribution in [0, 0.1) is 0 Å². The third-order valence-corrected chi connectivity index (χ3v) is 4.29. The first-order chi connectivity index (χ1) is 11.5. The fraction of sp³-hybridized carbons (Fsp3) is 0.778. The van der Waals surface area contributed by atoms with Gasteiger partial charge in [-0.2, -0.15) is 5.10 Å². The Kier molecular flexibility index (Phi) is 9.45. The summed E-state index contributed by atoms with van der Waals surface area (Å²) in [5.74, 6) is 0.869. The molecule has 0 aliphatic rings. The Balaban J connectivity index is 2.46. The summed E-state index contributed by atoms with van der Waals surface area (Å²) in [5, 5.41) is 11.2. The van der Waals surface area contributed by atoms with Crippen LogP contribution in [0.5, 0.6) is 0 Å². The number of likely N-dealkylation sites (N-methyl/N-ethyl adjacent to an activating group) is 1. The largest absolute Gasteiger partial charge is 0.354 e. The van der Waals surface area contributed by atoms with Crippen molar-refractivity contribution in [3.8, 4) is 0 Å². The summed E-state index contributed by atoms with van der Waals surface area (Å²) in [6.45, 7) is 5.27. The molecule has 0 amide bonds. The van der Waals surface area contributed by atoms with Crippen LogP contribution in [0.25, 0.3) is 0 Å². The van der Waals surface area contributed by atoms with Crippen LogP contribution in [0.3, 0.4) is 0 Å². The average Bonchev–Trinajstić information content (AvgIpc) is 2.96. The molecule has 6 heteroatoms. The quantitative estimate of drug-likeness (QED) is 0.392. The molecule has 2 N–H and O–H groups in total. The lowest BCUT2D eigenvalue weighted by molar-refractivity contribution is 0.297. The second-order valence-electron chi connectivity index (χ2n) is 6.77. The Morgan fingerprint density at radius 2 is 2.08 bits per heavy atom. The highest BCUT2D eigenvalue weighted by Gasteiger charge is 2.16. The standard InChI is InChI=1S/C18H36N6/c1-7-8-9-10-11-15(2)22-18(19-3)20-13-17(23(4)5)16-12-21-24(6)14-16/h12,14-15,17H,7-11,13H2,1-6H3,(H2,19,20,22). The van der Waals surface area contributed by atoms with Gasteiger partial charge in [-0.25, -0.2) is 0 Å². The molecule has 2 atom stereocenters. The molecule has 0 fully saturated rings. The highest BCUT2D eigenvalue weighted by Crippen LogP contribution is 2.16. The van der Waals surface area contributed by atoms with E-state index in [0.29, 0.717) is 6.04 Å². The minimum Gasteiger partial charge on any atom is -0.354 e. The molecule has 0 radical (unpaired) electrons. The van der Waals surface area contributed by atoms with E-state index in [1.54, 1.807) is 0 Å².